The average molecular weight is 507 g/mol. The van der Waals surface area contributed by atoms with Crippen molar-refractivity contribution in [3.05, 3.63) is 94.7 Å². The quantitative estimate of drug-likeness (QED) is 0.339. The topological polar surface area (TPSA) is 125 Å². The predicted octanol–water partition coefficient (Wildman–Crippen LogP) is 4.60. The highest BCUT2D eigenvalue weighted by Gasteiger charge is 2.19. The summed E-state index contributed by atoms with van der Waals surface area (Å²) in [5.41, 5.74) is 1.50. The van der Waals surface area contributed by atoms with Crippen LogP contribution in [0.25, 0.3) is 33.6 Å². The monoisotopic (exact) mass is 507 g/mol. The molecule has 0 atom stereocenters. The van der Waals surface area contributed by atoms with Crippen LogP contribution in [0.1, 0.15) is 5.82 Å². The van der Waals surface area contributed by atoms with Crippen LogP contribution in [0.15, 0.2) is 86.5 Å². The van der Waals surface area contributed by atoms with Gasteiger partial charge < -0.3 is 13.7 Å². The largest absolute Gasteiger partial charge is 0.456 e. The Morgan fingerprint density at radius 3 is 2.39 bits per heavy atom. The van der Waals surface area contributed by atoms with Gasteiger partial charge in [-0.15, -0.1) is 0 Å². The molecule has 0 saturated carbocycles. The average Bonchev–Trinajstić information content (AvgIpc) is 3.32. The molecule has 36 heavy (non-hydrogen) atoms. The van der Waals surface area contributed by atoms with Crippen molar-refractivity contribution in [1.29, 1.82) is 0 Å². The van der Waals surface area contributed by atoms with Crippen LogP contribution >= 0.6 is 0 Å². The summed E-state index contributed by atoms with van der Waals surface area (Å²) >= 11 is 0. The molecule has 3 aromatic carbocycles. The Hall–Kier alpha value is -4.51. The molecule has 2 heterocycles. The molecule has 0 spiro atoms. The number of fused-ring (bicyclic) bond motifs is 1. The zero-order valence-corrected chi connectivity index (χ0v) is 19.6. The lowest BCUT2D eigenvalue weighted by Crippen LogP contribution is -2.10. The highest BCUT2D eigenvalue weighted by atomic mass is 32.2. The number of hydrogen-bond acceptors (Lipinski definition) is 8. The van der Waals surface area contributed by atoms with Crippen LogP contribution in [0.5, 0.6) is 5.95 Å². The fourth-order valence-corrected chi connectivity index (χ4v) is 4.11. The summed E-state index contributed by atoms with van der Waals surface area (Å²) < 4.78 is 55.5. The number of rotatable bonds is 7. The Bertz CT molecular complexity index is 1710. The predicted molar refractivity (Wildman–Crippen MR) is 130 cm³/mol. The smallest absolute Gasteiger partial charge is 0.297 e. The summed E-state index contributed by atoms with van der Waals surface area (Å²) in [4.78, 5) is 17.6. The molecule has 1 N–H and O–H groups in total. The molecule has 5 aromatic rings. The minimum absolute atomic E-state index is 0.0596. The number of anilines is 1. The first-order chi connectivity index (χ1) is 17.3. The van der Waals surface area contributed by atoms with Crippen molar-refractivity contribution >= 4 is 26.7 Å². The molecular weight excluding hydrogens is 489 g/mol. The molecular formula is C25H18FN3O6S. The second-order valence-electron chi connectivity index (χ2n) is 7.85. The van der Waals surface area contributed by atoms with Gasteiger partial charge >= 0.3 is 0 Å². The molecule has 0 bridgehead atoms. The highest BCUT2D eigenvalue weighted by molar-refractivity contribution is 7.92. The number of nitrogens with one attached hydrogen (secondary N) is 1. The number of hydrogen-bond donors (Lipinski definition) is 1. The first kappa shape index (κ1) is 23.2. The Kier molecular flexibility index (Phi) is 5.98. The van der Waals surface area contributed by atoms with Crippen LogP contribution in [-0.4, -0.2) is 24.8 Å². The maximum atomic E-state index is 13.4. The third kappa shape index (κ3) is 4.96. The van der Waals surface area contributed by atoms with Gasteiger partial charge in [-0.1, -0.05) is 29.4 Å². The number of halogens is 1. The van der Waals surface area contributed by atoms with Gasteiger partial charge in [-0.05, 0) is 54.1 Å². The molecule has 0 fully saturated rings. The van der Waals surface area contributed by atoms with Gasteiger partial charge in [0.1, 0.15) is 17.0 Å². The Morgan fingerprint density at radius 2 is 1.67 bits per heavy atom. The molecule has 0 unspecified atom stereocenters. The molecule has 182 valence electrons. The van der Waals surface area contributed by atoms with Crippen LogP contribution in [0, 0.1) is 5.82 Å². The van der Waals surface area contributed by atoms with Crippen LogP contribution in [0.2, 0.25) is 0 Å². The first-order valence-electron chi connectivity index (χ1n) is 10.6. The standard InChI is InChI=1S/C25H18FN3O6S/c1-36(31,32)29-18-12-8-15(9-13-18)22-23(30)19-4-2-3-5-20(19)34-25(22)33-14-21-27-24(35-28-21)16-6-10-17(26)11-7-16/h2-13,29H,14H2,1H3. The lowest BCUT2D eigenvalue weighted by molar-refractivity contribution is 0.226. The van der Waals surface area contributed by atoms with E-state index >= 15 is 0 Å². The van der Waals surface area contributed by atoms with E-state index in [9.17, 15) is 17.6 Å². The van der Waals surface area contributed by atoms with Gasteiger partial charge in [-0.25, -0.2) is 12.8 Å². The summed E-state index contributed by atoms with van der Waals surface area (Å²) in [7, 11) is -3.46. The van der Waals surface area contributed by atoms with Crippen LogP contribution in [0.3, 0.4) is 0 Å². The minimum atomic E-state index is -3.46. The zero-order chi connectivity index (χ0) is 25.3. The maximum Gasteiger partial charge on any atom is 0.297 e. The molecule has 0 radical (unpaired) electrons. The van der Waals surface area contributed by atoms with Gasteiger partial charge in [0, 0.05) is 11.3 Å². The van der Waals surface area contributed by atoms with Crippen molar-refractivity contribution in [1.82, 2.24) is 10.1 Å². The fraction of sp³-hybridized carbons (Fsp3) is 0.0800. The second kappa shape index (κ2) is 9.27. The summed E-state index contributed by atoms with van der Waals surface area (Å²) in [5, 5.41) is 4.23. The third-order valence-electron chi connectivity index (χ3n) is 5.13. The fourth-order valence-electron chi connectivity index (χ4n) is 3.54. The summed E-state index contributed by atoms with van der Waals surface area (Å²) in [5.74, 6) is -0.0805. The summed E-state index contributed by atoms with van der Waals surface area (Å²) in [6.07, 6.45) is 1.05. The number of aromatic nitrogens is 2. The van der Waals surface area contributed by atoms with Crippen molar-refractivity contribution in [3.8, 4) is 28.5 Å². The number of nitrogens with zero attached hydrogens (tertiary/aromatic N) is 2. The van der Waals surface area contributed by atoms with Gasteiger partial charge in [0.25, 0.3) is 11.8 Å². The van der Waals surface area contributed by atoms with Gasteiger partial charge in [-0.3, -0.25) is 9.52 Å². The molecule has 0 saturated heterocycles. The molecule has 5 rings (SSSR count). The molecule has 0 aliphatic carbocycles. The van der Waals surface area contributed by atoms with E-state index in [2.05, 4.69) is 14.9 Å². The van der Waals surface area contributed by atoms with E-state index < -0.39 is 10.0 Å². The van der Waals surface area contributed by atoms with E-state index in [0.29, 0.717) is 27.8 Å². The van der Waals surface area contributed by atoms with Gasteiger partial charge in [0.2, 0.25) is 21.3 Å². The molecule has 0 amide bonds. The number of para-hydroxylation sites is 1. The van der Waals surface area contributed by atoms with Crippen LogP contribution in [-0.2, 0) is 16.6 Å². The van der Waals surface area contributed by atoms with E-state index in [0.717, 1.165) is 6.26 Å². The van der Waals surface area contributed by atoms with Crippen LogP contribution < -0.4 is 14.9 Å². The maximum absolute atomic E-state index is 13.4. The summed E-state index contributed by atoms with van der Waals surface area (Å²) in [6.45, 7) is -0.174. The van der Waals surface area contributed by atoms with Gasteiger partial charge in [-0.2, -0.15) is 4.98 Å². The second-order valence-corrected chi connectivity index (χ2v) is 9.60. The Labute approximate surface area is 204 Å². The number of sulfonamides is 1. The molecule has 0 aliphatic rings. The van der Waals surface area contributed by atoms with Crippen molar-refractivity contribution in [2.45, 2.75) is 6.61 Å². The molecule has 0 aliphatic heterocycles. The third-order valence-corrected chi connectivity index (χ3v) is 5.74. The van der Waals surface area contributed by atoms with E-state index in [1.54, 1.807) is 36.4 Å². The molecule has 9 nitrogen and oxygen atoms in total. The Balaban J connectivity index is 1.48. The van der Waals surface area contributed by atoms with Crippen molar-refractivity contribution < 1.29 is 26.5 Å². The van der Waals surface area contributed by atoms with E-state index in [1.807, 2.05) is 0 Å². The minimum Gasteiger partial charge on any atom is -0.456 e. The van der Waals surface area contributed by atoms with Crippen LogP contribution in [0.4, 0.5) is 10.1 Å². The lowest BCUT2D eigenvalue weighted by atomic mass is 10.0. The Morgan fingerprint density at radius 1 is 0.972 bits per heavy atom. The molecule has 11 heteroatoms. The normalized spacial score (nSPS) is 11.5. The SMILES string of the molecule is CS(=O)(=O)Nc1ccc(-c2c(OCc3noc(-c4ccc(F)cc4)n3)oc3ccccc3c2=O)cc1. The first-order valence-corrected chi connectivity index (χ1v) is 12.5. The van der Waals surface area contributed by atoms with Crippen molar-refractivity contribution in [2.24, 2.45) is 0 Å². The molecule has 2 aromatic heterocycles. The number of ether oxygens (including phenoxy) is 1. The van der Waals surface area contributed by atoms with Crippen molar-refractivity contribution in [2.75, 3.05) is 11.0 Å². The van der Waals surface area contributed by atoms with E-state index in [-0.39, 0.29) is 41.1 Å². The zero-order valence-electron chi connectivity index (χ0n) is 18.8. The summed E-state index contributed by atoms with van der Waals surface area (Å²) in [6, 6.07) is 18.6. The van der Waals surface area contributed by atoms with Gasteiger partial charge in [0.15, 0.2) is 6.61 Å². The van der Waals surface area contributed by atoms with E-state index in [4.69, 9.17) is 13.7 Å². The highest BCUT2D eigenvalue weighted by Crippen LogP contribution is 2.32. The van der Waals surface area contributed by atoms with E-state index in [1.165, 1.54) is 36.4 Å². The number of benzene rings is 3. The van der Waals surface area contributed by atoms with Crippen molar-refractivity contribution in [3.63, 3.8) is 0 Å². The lowest BCUT2D eigenvalue weighted by Gasteiger charge is -2.11. The van der Waals surface area contributed by atoms with Gasteiger partial charge in [0.05, 0.1) is 11.6 Å².